The molecule has 0 amide bonds. The lowest BCUT2D eigenvalue weighted by molar-refractivity contribution is -0.143. The molecule has 2 atom stereocenters. The maximum atomic E-state index is 12.4. The number of H-pyrrole nitrogens is 1. The Balaban J connectivity index is 1.65. The summed E-state index contributed by atoms with van der Waals surface area (Å²) in [5, 5.41) is 18.9. The average molecular weight is 423 g/mol. The summed E-state index contributed by atoms with van der Waals surface area (Å²) in [4.78, 5) is 35.1. The van der Waals surface area contributed by atoms with Gasteiger partial charge in [-0.1, -0.05) is 37.5 Å². The van der Waals surface area contributed by atoms with E-state index in [-0.39, 0.29) is 25.2 Å². The van der Waals surface area contributed by atoms with E-state index in [4.69, 9.17) is 10.2 Å². The third-order valence-electron chi connectivity index (χ3n) is 5.27. The fraction of sp³-hybridized carbons (Fsp3) is 0.524. The average Bonchev–Trinajstić information content (AvgIpc) is 3.08. The molecule has 4 N–H and O–H groups in total. The van der Waals surface area contributed by atoms with E-state index in [1.807, 2.05) is 30.5 Å². The number of aromatic nitrogens is 1. The van der Waals surface area contributed by atoms with Gasteiger partial charge in [-0.3, -0.25) is 14.2 Å². The first-order chi connectivity index (χ1) is 13.8. The van der Waals surface area contributed by atoms with Crippen molar-refractivity contribution < 1.29 is 29.3 Å². The monoisotopic (exact) mass is 423 g/mol. The van der Waals surface area contributed by atoms with Crippen LogP contribution in [0.25, 0.3) is 10.9 Å². The second-order valence-corrected chi connectivity index (χ2v) is 10.2. The first-order valence-electron chi connectivity index (χ1n) is 10.1. The van der Waals surface area contributed by atoms with Crippen LogP contribution >= 0.6 is 7.37 Å². The number of hydrogen-bond donors (Lipinski definition) is 4. The summed E-state index contributed by atoms with van der Waals surface area (Å²) in [5.74, 6) is -2.57. The number of carboxylic acids is 2. The van der Waals surface area contributed by atoms with Gasteiger partial charge in [0.25, 0.3) is 0 Å². The second-order valence-electron chi connectivity index (χ2n) is 7.57. The van der Waals surface area contributed by atoms with E-state index in [1.54, 1.807) is 0 Å². The fourth-order valence-corrected chi connectivity index (χ4v) is 5.07. The number of unbranched alkanes of at least 4 members (excludes halogenated alkanes) is 3. The smallest absolute Gasteiger partial charge is 0.306 e. The Labute approximate surface area is 170 Å². The normalized spacial score (nSPS) is 14.5. The Morgan fingerprint density at radius 1 is 1.00 bits per heavy atom. The van der Waals surface area contributed by atoms with E-state index in [0.717, 1.165) is 29.3 Å². The van der Waals surface area contributed by atoms with Crippen molar-refractivity contribution in [3.05, 3.63) is 36.0 Å². The molecule has 0 bridgehead atoms. The molecule has 2 unspecified atom stereocenters. The zero-order chi connectivity index (χ0) is 21.3. The summed E-state index contributed by atoms with van der Waals surface area (Å²) >= 11 is 0. The fourth-order valence-electron chi connectivity index (χ4n) is 3.54. The molecule has 2 aromatic rings. The molecule has 0 aliphatic heterocycles. The maximum Gasteiger partial charge on any atom is 0.306 e. The minimum absolute atomic E-state index is 0.138. The van der Waals surface area contributed by atoms with Gasteiger partial charge in [-0.15, -0.1) is 0 Å². The Morgan fingerprint density at radius 2 is 1.72 bits per heavy atom. The molecule has 0 radical (unpaired) electrons. The van der Waals surface area contributed by atoms with E-state index in [9.17, 15) is 19.0 Å². The molecule has 0 fully saturated rings. The predicted octanol–water partition coefficient (Wildman–Crippen LogP) is 4.50. The third-order valence-corrected chi connectivity index (χ3v) is 7.21. The van der Waals surface area contributed by atoms with Gasteiger partial charge in [0.2, 0.25) is 7.37 Å². The molecule has 0 saturated carbocycles. The highest BCUT2D eigenvalue weighted by molar-refractivity contribution is 7.57. The summed E-state index contributed by atoms with van der Waals surface area (Å²) in [6, 6.07) is 7.89. The van der Waals surface area contributed by atoms with E-state index in [0.29, 0.717) is 25.7 Å². The third kappa shape index (κ3) is 8.03. The number of carboxylic acid groups (broad SMARTS) is 2. The van der Waals surface area contributed by atoms with Gasteiger partial charge >= 0.3 is 11.9 Å². The lowest BCUT2D eigenvalue weighted by Crippen LogP contribution is -2.15. The minimum Gasteiger partial charge on any atom is -0.481 e. The van der Waals surface area contributed by atoms with Crippen LogP contribution in [0.4, 0.5) is 0 Å². The SMILES string of the molecule is O=C(O)CCC(CCCCCCP(=O)(O)CCc1c[nH]c2ccccc12)C(=O)O. The molecule has 7 nitrogen and oxygen atoms in total. The van der Waals surface area contributed by atoms with Crippen LogP contribution in [-0.4, -0.2) is 44.4 Å². The number of aromatic amines is 1. The number of para-hydroxylation sites is 1. The van der Waals surface area contributed by atoms with Crippen molar-refractivity contribution >= 4 is 30.2 Å². The lowest BCUT2D eigenvalue weighted by Gasteiger charge is -2.12. The standard InChI is InChI=1S/C21H30NO6P/c23-20(24)11-10-16(21(25)26)7-3-1-2-6-13-29(27,28)14-12-17-15-22-19-9-5-4-8-18(17)19/h4-5,8-9,15-16,22H,1-3,6-7,10-14H2,(H,23,24)(H,25,26)(H,27,28). The van der Waals surface area contributed by atoms with Crippen LogP contribution in [0.3, 0.4) is 0 Å². The molecule has 0 aliphatic rings. The lowest BCUT2D eigenvalue weighted by atomic mass is 9.96. The number of benzene rings is 1. The maximum absolute atomic E-state index is 12.4. The van der Waals surface area contributed by atoms with Crippen molar-refractivity contribution in [3.63, 3.8) is 0 Å². The van der Waals surface area contributed by atoms with Crippen molar-refractivity contribution in [1.29, 1.82) is 0 Å². The Hall–Kier alpha value is -2.11. The summed E-state index contributed by atoms with van der Waals surface area (Å²) in [6.07, 6.45) is 6.29. The number of aryl methyl sites for hydroxylation is 1. The van der Waals surface area contributed by atoms with E-state index >= 15 is 0 Å². The Kier molecular flexibility index (Phi) is 8.93. The van der Waals surface area contributed by atoms with E-state index < -0.39 is 25.2 Å². The second kappa shape index (κ2) is 11.2. The zero-order valence-electron chi connectivity index (χ0n) is 16.5. The van der Waals surface area contributed by atoms with Crippen LogP contribution in [-0.2, 0) is 20.6 Å². The van der Waals surface area contributed by atoms with Gasteiger partial charge < -0.3 is 20.1 Å². The highest BCUT2D eigenvalue weighted by Crippen LogP contribution is 2.42. The van der Waals surface area contributed by atoms with Crippen LogP contribution in [0.2, 0.25) is 0 Å². The van der Waals surface area contributed by atoms with Crippen molar-refractivity contribution in [1.82, 2.24) is 4.98 Å². The van der Waals surface area contributed by atoms with Gasteiger partial charge in [-0.05, 0) is 37.3 Å². The van der Waals surface area contributed by atoms with Crippen molar-refractivity contribution in [2.45, 2.75) is 51.4 Å². The number of aliphatic carboxylic acids is 2. The topological polar surface area (TPSA) is 128 Å². The Bertz CT molecular complexity index is 862. The van der Waals surface area contributed by atoms with E-state index in [2.05, 4.69) is 4.98 Å². The number of fused-ring (bicyclic) bond motifs is 1. The van der Waals surface area contributed by atoms with Gasteiger partial charge in [0.1, 0.15) is 0 Å². The minimum atomic E-state index is -3.19. The van der Waals surface area contributed by atoms with Crippen LogP contribution in [0.1, 0.15) is 50.5 Å². The van der Waals surface area contributed by atoms with E-state index in [1.165, 1.54) is 0 Å². The van der Waals surface area contributed by atoms with Crippen LogP contribution in [0, 0.1) is 5.92 Å². The number of rotatable bonds is 14. The first kappa shape index (κ1) is 23.2. The molecule has 0 saturated heterocycles. The predicted molar refractivity (Wildman–Crippen MR) is 113 cm³/mol. The summed E-state index contributed by atoms with van der Waals surface area (Å²) in [7, 11) is -3.19. The zero-order valence-corrected chi connectivity index (χ0v) is 17.4. The van der Waals surface area contributed by atoms with Gasteiger partial charge in [-0.2, -0.15) is 0 Å². The van der Waals surface area contributed by atoms with Crippen LogP contribution in [0.15, 0.2) is 30.5 Å². The van der Waals surface area contributed by atoms with Crippen LogP contribution < -0.4 is 0 Å². The van der Waals surface area contributed by atoms with Crippen molar-refractivity contribution in [2.24, 2.45) is 5.92 Å². The molecule has 29 heavy (non-hydrogen) atoms. The van der Waals surface area contributed by atoms with Gasteiger partial charge in [0.15, 0.2) is 0 Å². The first-order valence-corrected chi connectivity index (χ1v) is 12.1. The highest BCUT2D eigenvalue weighted by atomic mass is 31.2. The summed E-state index contributed by atoms with van der Waals surface area (Å²) < 4.78 is 12.4. The molecular formula is C21H30NO6P. The number of carbonyl (C=O) groups is 2. The van der Waals surface area contributed by atoms with Crippen LogP contribution in [0.5, 0.6) is 0 Å². The van der Waals surface area contributed by atoms with Crippen molar-refractivity contribution in [3.8, 4) is 0 Å². The van der Waals surface area contributed by atoms with Gasteiger partial charge in [0, 0.05) is 35.8 Å². The number of hydrogen-bond acceptors (Lipinski definition) is 3. The molecule has 1 aromatic carbocycles. The highest BCUT2D eigenvalue weighted by Gasteiger charge is 2.20. The molecular weight excluding hydrogens is 393 g/mol. The molecule has 2 rings (SSSR count). The number of nitrogens with one attached hydrogen (secondary N) is 1. The molecule has 1 heterocycles. The van der Waals surface area contributed by atoms with Gasteiger partial charge in [-0.25, -0.2) is 0 Å². The quantitative estimate of drug-likeness (QED) is 0.262. The Morgan fingerprint density at radius 3 is 2.45 bits per heavy atom. The molecule has 0 aliphatic carbocycles. The molecule has 8 heteroatoms. The molecule has 160 valence electrons. The molecule has 0 spiro atoms. The van der Waals surface area contributed by atoms with Crippen molar-refractivity contribution in [2.75, 3.05) is 12.3 Å². The largest absolute Gasteiger partial charge is 0.481 e. The van der Waals surface area contributed by atoms with Gasteiger partial charge in [0.05, 0.1) is 5.92 Å². The summed E-state index contributed by atoms with van der Waals surface area (Å²) in [5.41, 5.74) is 2.08. The molecule has 1 aromatic heterocycles. The summed E-state index contributed by atoms with van der Waals surface area (Å²) in [6.45, 7) is 0.